The molecule has 0 unspecified atom stereocenters. The number of hydrogen-bond donors (Lipinski definition) is 1. The predicted octanol–water partition coefficient (Wildman–Crippen LogP) is 4.12. The van der Waals surface area contributed by atoms with Crippen LogP contribution in [0.15, 0.2) is 42.5 Å². The third-order valence-corrected chi connectivity index (χ3v) is 3.65. The van der Waals surface area contributed by atoms with Crippen LogP contribution < -0.4 is 10.5 Å². The Hall–Kier alpha value is -1.58. The van der Waals surface area contributed by atoms with Gasteiger partial charge in [0.25, 0.3) is 0 Å². The van der Waals surface area contributed by atoms with Gasteiger partial charge < -0.3 is 10.5 Å². The molecular weight excluding hydrogens is 290 g/mol. The summed E-state index contributed by atoms with van der Waals surface area (Å²) in [5.74, 6) is 0.830. The first-order valence-corrected chi connectivity index (χ1v) is 7.18. The van der Waals surface area contributed by atoms with Crippen molar-refractivity contribution in [1.82, 2.24) is 0 Å². The zero-order valence-corrected chi connectivity index (χ0v) is 12.8. The molecule has 0 bridgehead atoms. The van der Waals surface area contributed by atoms with E-state index >= 15 is 0 Å². The highest BCUT2D eigenvalue weighted by Crippen LogP contribution is 2.21. The summed E-state index contributed by atoms with van der Waals surface area (Å²) in [4.78, 5) is 0.342. The molecule has 20 heavy (non-hydrogen) atoms. The fourth-order valence-corrected chi connectivity index (χ4v) is 2.16. The first kappa shape index (κ1) is 14.8. The maximum absolute atomic E-state index is 6.19. The van der Waals surface area contributed by atoms with E-state index in [1.54, 1.807) is 6.07 Å². The van der Waals surface area contributed by atoms with E-state index in [1.807, 2.05) is 24.3 Å². The van der Waals surface area contributed by atoms with Gasteiger partial charge in [-0.05, 0) is 30.2 Å². The number of halogens is 1. The number of rotatable bonds is 5. The summed E-state index contributed by atoms with van der Waals surface area (Å²) in [5, 5.41) is 0.612. The average Bonchev–Trinajstić information content (AvgIpc) is 2.46. The molecule has 104 valence electrons. The molecule has 0 saturated carbocycles. The van der Waals surface area contributed by atoms with Gasteiger partial charge in [0.05, 0.1) is 0 Å². The lowest BCUT2D eigenvalue weighted by Crippen LogP contribution is -2.09. The second-order valence-electron chi connectivity index (χ2n) is 4.46. The third kappa shape index (κ3) is 3.71. The number of nitrogens with two attached hydrogens (primary N) is 1. The fourth-order valence-electron chi connectivity index (χ4n) is 1.80. The second-order valence-corrected chi connectivity index (χ2v) is 5.30. The molecule has 0 spiro atoms. The first-order chi connectivity index (χ1) is 9.60. The Kier molecular flexibility index (Phi) is 4.99. The molecule has 4 heteroatoms. The van der Waals surface area contributed by atoms with Crippen molar-refractivity contribution < 1.29 is 4.74 Å². The standard InChI is InChI=1S/C16H16ClNOS/c1-2-11-3-7-14(8-4-11)19-10-13-6-5-12(16(18)20)9-15(13)17/h3-9H,2,10H2,1H3,(H2,18,20). The highest BCUT2D eigenvalue weighted by molar-refractivity contribution is 7.80. The molecule has 2 N–H and O–H groups in total. The largest absolute Gasteiger partial charge is 0.489 e. The highest BCUT2D eigenvalue weighted by Gasteiger charge is 2.05. The van der Waals surface area contributed by atoms with Gasteiger partial charge in [-0.2, -0.15) is 0 Å². The van der Waals surface area contributed by atoms with Crippen molar-refractivity contribution in [3.8, 4) is 5.75 Å². The van der Waals surface area contributed by atoms with Crippen molar-refractivity contribution in [2.75, 3.05) is 0 Å². The molecule has 0 aromatic heterocycles. The van der Waals surface area contributed by atoms with E-state index in [0.717, 1.165) is 23.3 Å². The number of aryl methyl sites for hydroxylation is 1. The molecular formula is C16H16ClNOS. The van der Waals surface area contributed by atoms with Crippen molar-refractivity contribution >= 4 is 28.8 Å². The Balaban J connectivity index is 2.04. The van der Waals surface area contributed by atoms with Gasteiger partial charge in [0, 0.05) is 16.1 Å². The van der Waals surface area contributed by atoms with E-state index < -0.39 is 0 Å². The minimum absolute atomic E-state index is 0.342. The molecule has 2 aromatic rings. The lowest BCUT2D eigenvalue weighted by atomic mass is 10.1. The molecule has 0 heterocycles. The van der Waals surface area contributed by atoms with E-state index in [0.29, 0.717) is 16.6 Å². The molecule has 2 rings (SSSR count). The Morgan fingerprint density at radius 1 is 1.20 bits per heavy atom. The second kappa shape index (κ2) is 6.73. The van der Waals surface area contributed by atoms with Crippen LogP contribution in [0.1, 0.15) is 23.6 Å². The highest BCUT2D eigenvalue weighted by atomic mass is 35.5. The van der Waals surface area contributed by atoms with Gasteiger partial charge in [-0.3, -0.25) is 0 Å². The summed E-state index contributed by atoms with van der Waals surface area (Å²) < 4.78 is 5.72. The topological polar surface area (TPSA) is 35.2 Å². The van der Waals surface area contributed by atoms with Crippen LogP contribution in [0.25, 0.3) is 0 Å². The number of ether oxygens (including phenoxy) is 1. The van der Waals surface area contributed by atoms with Crippen molar-refractivity contribution in [3.05, 3.63) is 64.2 Å². The molecule has 2 nitrogen and oxygen atoms in total. The fraction of sp³-hybridized carbons (Fsp3) is 0.188. The van der Waals surface area contributed by atoms with E-state index in [4.69, 9.17) is 34.3 Å². The monoisotopic (exact) mass is 305 g/mol. The van der Waals surface area contributed by atoms with Crippen molar-refractivity contribution in [2.45, 2.75) is 20.0 Å². The lowest BCUT2D eigenvalue weighted by Gasteiger charge is -2.09. The molecule has 0 aliphatic rings. The van der Waals surface area contributed by atoms with Crippen molar-refractivity contribution in [1.29, 1.82) is 0 Å². The van der Waals surface area contributed by atoms with Gasteiger partial charge in [-0.25, -0.2) is 0 Å². The van der Waals surface area contributed by atoms with Gasteiger partial charge >= 0.3 is 0 Å². The first-order valence-electron chi connectivity index (χ1n) is 6.40. The quantitative estimate of drug-likeness (QED) is 0.844. The van der Waals surface area contributed by atoms with Crippen LogP contribution in [0.5, 0.6) is 5.75 Å². The van der Waals surface area contributed by atoms with Crippen LogP contribution in [0.3, 0.4) is 0 Å². The van der Waals surface area contributed by atoms with Gasteiger partial charge in [0.2, 0.25) is 0 Å². The summed E-state index contributed by atoms with van der Waals surface area (Å²) in [5.41, 5.74) is 8.53. The molecule has 2 aromatic carbocycles. The van der Waals surface area contributed by atoms with E-state index in [1.165, 1.54) is 5.56 Å². The van der Waals surface area contributed by atoms with Crippen LogP contribution in [-0.4, -0.2) is 4.99 Å². The Morgan fingerprint density at radius 3 is 2.45 bits per heavy atom. The summed E-state index contributed by atoms with van der Waals surface area (Å²) >= 11 is 11.1. The van der Waals surface area contributed by atoms with E-state index in [2.05, 4.69) is 19.1 Å². The Morgan fingerprint density at radius 2 is 1.90 bits per heavy atom. The van der Waals surface area contributed by atoms with Crippen LogP contribution >= 0.6 is 23.8 Å². The average molecular weight is 306 g/mol. The zero-order valence-electron chi connectivity index (χ0n) is 11.2. The summed E-state index contributed by atoms with van der Waals surface area (Å²) in [6, 6.07) is 13.6. The van der Waals surface area contributed by atoms with Crippen LogP contribution in [0.2, 0.25) is 5.02 Å². The van der Waals surface area contributed by atoms with Crippen LogP contribution in [0.4, 0.5) is 0 Å². The Bertz CT molecular complexity index is 610. The minimum Gasteiger partial charge on any atom is -0.489 e. The molecule has 0 amide bonds. The molecule has 0 fully saturated rings. The molecule has 0 aliphatic heterocycles. The summed E-state index contributed by atoms with van der Waals surface area (Å²) in [7, 11) is 0. The van der Waals surface area contributed by atoms with Gasteiger partial charge in [-0.15, -0.1) is 0 Å². The van der Waals surface area contributed by atoms with Crippen molar-refractivity contribution in [3.63, 3.8) is 0 Å². The Labute approximate surface area is 129 Å². The third-order valence-electron chi connectivity index (χ3n) is 3.06. The zero-order chi connectivity index (χ0) is 14.5. The molecule has 0 saturated heterocycles. The van der Waals surface area contributed by atoms with Gasteiger partial charge in [0.15, 0.2) is 0 Å². The van der Waals surface area contributed by atoms with Gasteiger partial charge in [0.1, 0.15) is 17.3 Å². The van der Waals surface area contributed by atoms with E-state index in [-0.39, 0.29) is 0 Å². The molecule has 0 radical (unpaired) electrons. The molecule has 0 atom stereocenters. The van der Waals surface area contributed by atoms with Crippen molar-refractivity contribution in [2.24, 2.45) is 5.73 Å². The number of thiocarbonyl (C=S) groups is 1. The van der Waals surface area contributed by atoms with Gasteiger partial charge in [-0.1, -0.05) is 55.0 Å². The number of hydrogen-bond acceptors (Lipinski definition) is 2. The summed E-state index contributed by atoms with van der Waals surface area (Å²) in [6.07, 6.45) is 1.02. The predicted molar refractivity (Wildman–Crippen MR) is 87.5 cm³/mol. The molecule has 0 aliphatic carbocycles. The minimum atomic E-state index is 0.342. The maximum Gasteiger partial charge on any atom is 0.119 e. The SMILES string of the molecule is CCc1ccc(OCc2ccc(C(N)=S)cc2Cl)cc1. The van der Waals surface area contributed by atoms with Crippen LogP contribution in [-0.2, 0) is 13.0 Å². The lowest BCUT2D eigenvalue weighted by molar-refractivity contribution is 0.306. The number of benzene rings is 2. The smallest absolute Gasteiger partial charge is 0.119 e. The maximum atomic E-state index is 6.19. The normalized spacial score (nSPS) is 10.3. The summed E-state index contributed by atoms with van der Waals surface area (Å²) in [6.45, 7) is 2.54. The van der Waals surface area contributed by atoms with Crippen LogP contribution in [0, 0.1) is 0 Å². The van der Waals surface area contributed by atoms with E-state index in [9.17, 15) is 0 Å².